The first kappa shape index (κ1) is 16.6. The van der Waals surface area contributed by atoms with Gasteiger partial charge in [0.2, 0.25) is 5.91 Å². The van der Waals surface area contributed by atoms with Crippen LogP contribution in [0.2, 0.25) is 0 Å². The van der Waals surface area contributed by atoms with E-state index in [2.05, 4.69) is 41.6 Å². The predicted molar refractivity (Wildman–Crippen MR) is 91.7 cm³/mol. The number of carbonyl (C=O) groups excluding carboxylic acids is 1. The van der Waals surface area contributed by atoms with E-state index < -0.39 is 0 Å². The zero-order chi connectivity index (χ0) is 16.3. The molecule has 0 saturated heterocycles. The summed E-state index contributed by atoms with van der Waals surface area (Å²) in [6, 6.07) is 8.33. The molecule has 0 bridgehead atoms. The van der Waals surface area contributed by atoms with Crippen molar-refractivity contribution in [2.75, 3.05) is 14.1 Å². The SMILES string of the molecule is CC(Sc1nccn1-c1ccccc1C(C)C)C(=O)N(C)C. The Kier molecular flexibility index (Phi) is 5.29. The first-order valence-electron chi connectivity index (χ1n) is 7.42. The second kappa shape index (κ2) is 7.01. The molecule has 0 spiro atoms. The van der Waals surface area contributed by atoms with Gasteiger partial charge in [0, 0.05) is 26.5 Å². The molecule has 2 rings (SSSR count). The summed E-state index contributed by atoms with van der Waals surface area (Å²) in [5, 5.41) is 0.679. The summed E-state index contributed by atoms with van der Waals surface area (Å²) in [5.74, 6) is 0.522. The Bertz CT molecular complexity index is 649. The molecule has 2 aromatic rings. The molecule has 1 unspecified atom stereocenters. The van der Waals surface area contributed by atoms with Crippen molar-refractivity contribution >= 4 is 17.7 Å². The van der Waals surface area contributed by atoms with Crippen molar-refractivity contribution in [2.24, 2.45) is 0 Å². The summed E-state index contributed by atoms with van der Waals surface area (Å²) in [5.41, 5.74) is 2.40. The van der Waals surface area contributed by atoms with Crippen molar-refractivity contribution in [3.05, 3.63) is 42.2 Å². The first-order valence-corrected chi connectivity index (χ1v) is 8.30. The summed E-state index contributed by atoms with van der Waals surface area (Å²) in [4.78, 5) is 18.1. The molecular weight excluding hydrogens is 294 g/mol. The number of para-hydroxylation sites is 1. The van der Waals surface area contributed by atoms with Crippen LogP contribution in [0.3, 0.4) is 0 Å². The third-order valence-electron chi connectivity index (χ3n) is 3.50. The summed E-state index contributed by atoms with van der Waals surface area (Å²) in [6.45, 7) is 6.28. The first-order chi connectivity index (χ1) is 10.4. The summed E-state index contributed by atoms with van der Waals surface area (Å²) >= 11 is 1.49. The number of carbonyl (C=O) groups is 1. The standard InChI is InChI=1S/C17H23N3OS/c1-12(2)14-8-6-7-9-15(14)20-11-10-18-17(20)22-13(3)16(21)19(4)5/h6-13H,1-5H3. The number of amides is 1. The molecule has 0 radical (unpaired) electrons. The third kappa shape index (κ3) is 3.53. The molecule has 0 aliphatic carbocycles. The Morgan fingerprint density at radius 1 is 1.23 bits per heavy atom. The topological polar surface area (TPSA) is 38.1 Å². The lowest BCUT2D eigenvalue weighted by Crippen LogP contribution is -2.29. The fourth-order valence-electron chi connectivity index (χ4n) is 2.33. The van der Waals surface area contributed by atoms with Crippen LogP contribution in [0, 0.1) is 0 Å². The molecule has 1 amide bonds. The van der Waals surface area contributed by atoms with Gasteiger partial charge in [0.25, 0.3) is 0 Å². The molecular formula is C17H23N3OS. The highest BCUT2D eigenvalue weighted by atomic mass is 32.2. The molecule has 5 heteroatoms. The number of thioether (sulfide) groups is 1. The Morgan fingerprint density at radius 3 is 2.55 bits per heavy atom. The van der Waals surface area contributed by atoms with Crippen LogP contribution in [0.5, 0.6) is 0 Å². The molecule has 4 nitrogen and oxygen atoms in total. The molecule has 0 N–H and O–H groups in total. The minimum absolute atomic E-state index is 0.0942. The van der Waals surface area contributed by atoms with Crippen molar-refractivity contribution in [2.45, 2.75) is 37.1 Å². The Labute approximate surface area is 136 Å². The molecule has 22 heavy (non-hydrogen) atoms. The number of nitrogens with zero attached hydrogens (tertiary/aromatic N) is 3. The number of aromatic nitrogens is 2. The maximum absolute atomic E-state index is 12.1. The number of hydrogen-bond donors (Lipinski definition) is 0. The molecule has 0 fully saturated rings. The summed E-state index contributed by atoms with van der Waals surface area (Å²) < 4.78 is 2.07. The molecule has 0 aliphatic rings. The molecule has 1 aromatic heterocycles. The van der Waals surface area contributed by atoms with Gasteiger partial charge >= 0.3 is 0 Å². The molecule has 1 aromatic carbocycles. The van der Waals surface area contributed by atoms with Gasteiger partial charge in [-0.3, -0.25) is 9.36 Å². The van der Waals surface area contributed by atoms with E-state index in [9.17, 15) is 4.79 Å². The number of rotatable bonds is 5. The van der Waals surface area contributed by atoms with Crippen LogP contribution in [0.15, 0.2) is 41.8 Å². The van der Waals surface area contributed by atoms with Crippen LogP contribution < -0.4 is 0 Å². The van der Waals surface area contributed by atoms with Gasteiger partial charge in [-0.2, -0.15) is 0 Å². The van der Waals surface area contributed by atoms with Gasteiger partial charge in [-0.25, -0.2) is 4.98 Å². The van der Waals surface area contributed by atoms with E-state index in [-0.39, 0.29) is 11.2 Å². The average molecular weight is 317 g/mol. The predicted octanol–water partition coefficient (Wildman–Crippen LogP) is 3.56. The lowest BCUT2D eigenvalue weighted by molar-refractivity contribution is -0.127. The summed E-state index contributed by atoms with van der Waals surface area (Å²) in [7, 11) is 3.56. The lowest BCUT2D eigenvalue weighted by atomic mass is 10.0. The van der Waals surface area contributed by atoms with Crippen LogP contribution in [-0.4, -0.2) is 39.7 Å². The van der Waals surface area contributed by atoms with E-state index in [1.807, 2.05) is 19.2 Å². The highest BCUT2D eigenvalue weighted by Gasteiger charge is 2.20. The van der Waals surface area contributed by atoms with Crippen LogP contribution >= 0.6 is 11.8 Å². The maximum Gasteiger partial charge on any atom is 0.235 e. The highest BCUT2D eigenvalue weighted by Crippen LogP contribution is 2.29. The minimum Gasteiger partial charge on any atom is -0.348 e. The van der Waals surface area contributed by atoms with Gasteiger partial charge in [0.05, 0.1) is 10.9 Å². The second-order valence-corrected chi connectivity index (χ2v) is 7.09. The van der Waals surface area contributed by atoms with Gasteiger partial charge < -0.3 is 4.90 Å². The van der Waals surface area contributed by atoms with Crippen molar-refractivity contribution < 1.29 is 4.79 Å². The molecule has 1 heterocycles. The van der Waals surface area contributed by atoms with E-state index in [1.165, 1.54) is 17.3 Å². The monoisotopic (exact) mass is 317 g/mol. The highest BCUT2D eigenvalue weighted by molar-refractivity contribution is 8.00. The van der Waals surface area contributed by atoms with Gasteiger partial charge in [0.15, 0.2) is 5.16 Å². The van der Waals surface area contributed by atoms with Crippen molar-refractivity contribution in [3.8, 4) is 5.69 Å². The van der Waals surface area contributed by atoms with Gasteiger partial charge in [-0.1, -0.05) is 43.8 Å². The van der Waals surface area contributed by atoms with Gasteiger partial charge in [-0.05, 0) is 24.5 Å². The molecule has 1 atom stereocenters. The number of hydrogen-bond acceptors (Lipinski definition) is 3. The third-order valence-corrected chi connectivity index (χ3v) is 4.56. The second-order valence-electron chi connectivity index (χ2n) is 5.79. The zero-order valence-corrected chi connectivity index (χ0v) is 14.6. The maximum atomic E-state index is 12.1. The molecule has 0 aliphatic heterocycles. The zero-order valence-electron chi connectivity index (χ0n) is 13.8. The average Bonchev–Trinajstić information content (AvgIpc) is 2.94. The quantitative estimate of drug-likeness (QED) is 0.791. The van der Waals surface area contributed by atoms with Crippen molar-refractivity contribution in [1.29, 1.82) is 0 Å². The fourth-order valence-corrected chi connectivity index (χ4v) is 3.35. The Balaban J connectivity index is 2.33. The summed E-state index contributed by atoms with van der Waals surface area (Å²) in [6.07, 6.45) is 3.74. The van der Waals surface area contributed by atoms with Crippen LogP contribution in [0.25, 0.3) is 5.69 Å². The fraction of sp³-hybridized carbons (Fsp3) is 0.412. The normalized spacial score (nSPS) is 12.5. The van der Waals surface area contributed by atoms with E-state index in [0.29, 0.717) is 5.92 Å². The van der Waals surface area contributed by atoms with Gasteiger partial charge in [0.1, 0.15) is 0 Å². The van der Waals surface area contributed by atoms with Crippen LogP contribution in [0.4, 0.5) is 0 Å². The molecule has 118 valence electrons. The van der Waals surface area contributed by atoms with E-state index in [4.69, 9.17) is 0 Å². The number of imidazole rings is 1. The van der Waals surface area contributed by atoms with Gasteiger partial charge in [-0.15, -0.1) is 0 Å². The lowest BCUT2D eigenvalue weighted by Gasteiger charge is -2.18. The largest absolute Gasteiger partial charge is 0.348 e. The van der Waals surface area contributed by atoms with Crippen molar-refractivity contribution in [1.82, 2.24) is 14.5 Å². The van der Waals surface area contributed by atoms with Crippen molar-refractivity contribution in [3.63, 3.8) is 0 Å². The Morgan fingerprint density at radius 2 is 1.91 bits per heavy atom. The minimum atomic E-state index is -0.164. The molecule has 0 saturated carbocycles. The Hall–Kier alpha value is -1.75. The van der Waals surface area contributed by atoms with Crippen LogP contribution in [0.1, 0.15) is 32.3 Å². The number of benzene rings is 1. The van der Waals surface area contributed by atoms with E-state index in [1.54, 1.807) is 25.2 Å². The van der Waals surface area contributed by atoms with E-state index >= 15 is 0 Å². The smallest absolute Gasteiger partial charge is 0.235 e. The van der Waals surface area contributed by atoms with E-state index in [0.717, 1.165) is 10.8 Å². The van der Waals surface area contributed by atoms with Crippen LogP contribution in [-0.2, 0) is 4.79 Å².